The number of carbonyl (C=O) groups is 2. The van der Waals surface area contributed by atoms with Gasteiger partial charge in [0, 0.05) is 57.6 Å². The maximum absolute atomic E-state index is 13.6. The summed E-state index contributed by atoms with van der Waals surface area (Å²) in [6.45, 7) is 7.49. The third-order valence-electron chi connectivity index (χ3n) is 6.41. The normalized spacial score (nSPS) is 22.0. The summed E-state index contributed by atoms with van der Waals surface area (Å²) in [7, 11) is 1.64. The summed E-state index contributed by atoms with van der Waals surface area (Å²) in [5, 5.41) is 4.46. The molecule has 1 aromatic heterocycles. The molecule has 8 nitrogen and oxygen atoms in total. The minimum Gasteiger partial charge on any atom is -0.383 e. The van der Waals surface area contributed by atoms with E-state index in [4.69, 9.17) is 4.74 Å². The lowest BCUT2D eigenvalue weighted by Crippen LogP contribution is -2.69. The Bertz CT molecular complexity index is 929. The first-order valence-electron chi connectivity index (χ1n) is 11.4. The molecule has 2 saturated heterocycles. The van der Waals surface area contributed by atoms with E-state index in [2.05, 4.69) is 36.0 Å². The zero-order valence-corrected chi connectivity index (χ0v) is 19.2. The molecule has 2 aliphatic rings. The van der Waals surface area contributed by atoms with E-state index in [0.29, 0.717) is 45.8 Å². The molecule has 0 bridgehead atoms. The number of carbonyl (C=O) groups excluding carboxylic acids is 2. The Morgan fingerprint density at radius 2 is 1.88 bits per heavy atom. The zero-order valence-electron chi connectivity index (χ0n) is 19.2. The molecule has 0 aliphatic carbocycles. The SMILES string of the molecule is COCCN1CCN2C(=O)[C@H](Cc3ccccc3)N(Cc3cnn(C(C)C)c3)C[C@H]2C1=O. The first-order chi connectivity index (χ1) is 15.5. The fraction of sp³-hybridized carbons (Fsp3) is 0.542. The summed E-state index contributed by atoms with van der Waals surface area (Å²) < 4.78 is 7.09. The molecule has 2 aliphatic heterocycles. The molecule has 0 spiro atoms. The Morgan fingerprint density at radius 3 is 2.56 bits per heavy atom. The molecule has 3 heterocycles. The monoisotopic (exact) mass is 439 g/mol. The van der Waals surface area contributed by atoms with Crippen molar-refractivity contribution < 1.29 is 14.3 Å². The molecule has 2 atom stereocenters. The molecule has 2 fully saturated rings. The highest BCUT2D eigenvalue weighted by Crippen LogP contribution is 2.26. The van der Waals surface area contributed by atoms with Gasteiger partial charge in [-0.05, 0) is 25.8 Å². The summed E-state index contributed by atoms with van der Waals surface area (Å²) in [6, 6.07) is 9.63. The number of hydrogen-bond acceptors (Lipinski definition) is 5. The summed E-state index contributed by atoms with van der Waals surface area (Å²) in [6.07, 6.45) is 4.53. The van der Waals surface area contributed by atoms with Gasteiger partial charge in [-0.3, -0.25) is 19.2 Å². The van der Waals surface area contributed by atoms with Gasteiger partial charge < -0.3 is 14.5 Å². The largest absolute Gasteiger partial charge is 0.383 e. The third-order valence-corrected chi connectivity index (χ3v) is 6.41. The molecule has 2 aromatic rings. The average molecular weight is 440 g/mol. The van der Waals surface area contributed by atoms with Crippen molar-refractivity contribution in [2.75, 3.05) is 39.9 Å². The van der Waals surface area contributed by atoms with Crippen LogP contribution in [0.15, 0.2) is 42.7 Å². The lowest BCUT2D eigenvalue weighted by Gasteiger charge is -2.49. The van der Waals surface area contributed by atoms with Crippen LogP contribution in [-0.2, 0) is 27.3 Å². The van der Waals surface area contributed by atoms with Crippen molar-refractivity contribution >= 4 is 11.8 Å². The van der Waals surface area contributed by atoms with Crippen molar-refractivity contribution in [2.45, 2.75) is 44.9 Å². The van der Waals surface area contributed by atoms with Gasteiger partial charge in [0.25, 0.3) is 0 Å². The van der Waals surface area contributed by atoms with Crippen LogP contribution >= 0.6 is 0 Å². The van der Waals surface area contributed by atoms with Crippen LogP contribution in [0.2, 0.25) is 0 Å². The number of rotatable bonds is 8. The summed E-state index contributed by atoms with van der Waals surface area (Å²) in [5.41, 5.74) is 2.18. The highest BCUT2D eigenvalue weighted by Gasteiger charge is 2.46. The Labute approximate surface area is 189 Å². The van der Waals surface area contributed by atoms with E-state index >= 15 is 0 Å². The second-order valence-electron chi connectivity index (χ2n) is 8.92. The van der Waals surface area contributed by atoms with E-state index in [9.17, 15) is 9.59 Å². The van der Waals surface area contributed by atoms with Gasteiger partial charge in [0.1, 0.15) is 6.04 Å². The van der Waals surface area contributed by atoms with Crippen molar-refractivity contribution in [3.8, 4) is 0 Å². The molecule has 0 radical (unpaired) electrons. The van der Waals surface area contributed by atoms with Crippen LogP contribution in [0.4, 0.5) is 0 Å². The van der Waals surface area contributed by atoms with Crippen LogP contribution in [0.3, 0.4) is 0 Å². The average Bonchev–Trinajstić information content (AvgIpc) is 3.26. The first kappa shape index (κ1) is 22.5. The highest BCUT2D eigenvalue weighted by atomic mass is 16.5. The molecule has 4 rings (SSSR count). The van der Waals surface area contributed by atoms with Gasteiger partial charge in [-0.2, -0.15) is 5.10 Å². The Kier molecular flexibility index (Phi) is 6.91. The maximum atomic E-state index is 13.6. The lowest BCUT2D eigenvalue weighted by molar-refractivity contribution is -0.162. The standard InChI is InChI=1S/C24H33N5O3/c1-18(2)29-16-20(14-25-29)15-27-17-22-23(30)26(11-12-32-3)9-10-28(22)24(31)21(27)13-19-7-5-4-6-8-19/h4-8,14,16,18,21-22H,9-13,15,17H2,1-3H3/t21-,22-/m0/s1. The van der Waals surface area contributed by atoms with Gasteiger partial charge in [-0.1, -0.05) is 30.3 Å². The Hall–Kier alpha value is -2.71. The summed E-state index contributed by atoms with van der Waals surface area (Å²) >= 11 is 0. The van der Waals surface area contributed by atoms with Crippen LogP contribution in [0.5, 0.6) is 0 Å². The van der Waals surface area contributed by atoms with Crippen molar-refractivity contribution in [1.29, 1.82) is 0 Å². The molecule has 8 heteroatoms. The fourth-order valence-electron chi connectivity index (χ4n) is 4.60. The molecule has 0 unspecified atom stereocenters. The van der Waals surface area contributed by atoms with Crippen LogP contribution in [0.25, 0.3) is 0 Å². The Balaban J connectivity index is 1.58. The van der Waals surface area contributed by atoms with Crippen molar-refractivity contribution in [3.05, 3.63) is 53.9 Å². The maximum Gasteiger partial charge on any atom is 0.246 e. The van der Waals surface area contributed by atoms with E-state index in [1.54, 1.807) is 12.0 Å². The van der Waals surface area contributed by atoms with Gasteiger partial charge in [0.15, 0.2) is 0 Å². The van der Waals surface area contributed by atoms with Crippen LogP contribution in [0.1, 0.15) is 31.0 Å². The molecule has 0 saturated carbocycles. The van der Waals surface area contributed by atoms with E-state index in [0.717, 1.165) is 11.1 Å². The summed E-state index contributed by atoms with van der Waals surface area (Å²) in [5.74, 6) is 0.0591. The van der Waals surface area contributed by atoms with Crippen LogP contribution < -0.4 is 0 Å². The van der Waals surface area contributed by atoms with E-state index in [1.165, 1.54) is 0 Å². The molecular weight excluding hydrogens is 406 g/mol. The van der Waals surface area contributed by atoms with E-state index < -0.39 is 6.04 Å². The number of benzene rings is 1. The lowest BCUT2D eigenvalue weighted by atomic mass is 9.96. The number of hydrogen-bond donors (Lipinski definition) is 0. The molecule has 0 N–H and O–H groups in total. The van der Waals surface area contributed by atoms with Gasteiger partial charge in [-0.15, -0.1) is 0 Å². The molecule has 172 valence electrons. The molecular formula is C24H33N5O3. The minimum atomic E-state index is -0.444. The number of fused-ring (bicyclic) bond motifs is 1. The van der Waals surface area contributed by atoms with Crippen LogP contribution in [-0.4, -0.2) is 88.3 Å². The Morgan fingerprint density at radius 1 is 1.09 bits per heavy atom. The first-order valence-corrected chi connectivity index (χ1v) is 11.4. The second-order valence-corrected chi connectivity index (χ2v) is 8.92. The van der Waals surface area contributed by atoms with Crippen LogP contribution in [0, 0.1) is 0 Å². The number of amides is 2. The van der Waals surface area contributed by atoms with Crippen molar-refractivity contribution in [1.82, 2.24) is 24.5 Å². The number of piperazine rings is 2. The number of nitrogens with zero attached hydrogens (tertiary/aromatic N) is 5. The topological polar surface area (TPSA) is 70.9 Å². The molecule has 2 amide bonds. The quantitative estimate of drug-likeness (QED) is 0.625. The van der Waals surface area contributed by atoms with E-state index in [1.807, 2.05) is 40.2 Å². The van der Waals surface area contributed by atoms with Crippen molar-refractivity contribution in [2.24, 2.45) is 0 Å². The van der Waals surface area contributed by atoms with Gasteiger partial charge in [0.2, 0.25) is 11.8 Å². The number of methoxy groups -OCH3 is 1. The summed E-state index contributed by atoms with van der Waals surface area (Å²) in [4.78, 5) is 32.6. The predicted molar refractivity (Wildman–Crippen MR) is 121 cm³/mol. The molecule has 32 heavy (non-hydrogen) atoms. The number of aromatic nitrogens is 2. The van der Waals surface area contributed by atoms with Gasteiger partial charge in [-0.25, -0.2) is 0 Å². The zero-order chi connectivity index (χ0) is 22.7. The van der Waals surface area contributed by atoms with E-state index in [-0.39, 0.29) is 23.9 Å². The predicted octanol–water partition coefficient (Wildman–Crippen LogP) is 1.58. The highest BCUT2D eigenvalue weighted by molar-refractivity contribution is 5.92. The van der Waals surface area contributed by atoms with Gasteiger partial charge in [0.05, 0.1) is 18.8 Å². The molecule has 1 aromatic carbocycles. The van der Waals surface area contributed by atoms with Gasteiger partial charge >= 0.3 is 0 Å². The smallest absolute Gasteiger partial charge is 0.246 e. The second kappa shape index (κ2) is 9.83. The third kappa shape index (κ3) is 4.71. The number of ether oxygens (including phenoxy) is 1. The van der Waals surface area contributed by atoms with Crippen molar-refractivity contribution in [3.63, 3.8) is 0 Å². The minimum absolute atomic E-state index is 0.0164. The fourth-order valence-corrected chi connectivity index (χ4v) is 4.60.